The van der Waals surface area contributed by atoms with Crippen LogP contribution < -0.4 is 5.32 Å². The summed E-state index contributed by atoms with van der Waals surface area (Å²) < 4.78 is 1.55. The maximum Gasteiger partial charge on any atom is 0.353 e. The van der Waals surface area contributed by atoms with Crippen LogP contribution in [0.25, 0.3) is 0 Å². The SMILES string of the molecule is Cn1cc2c(c1C(=O)O)SC(C1CC1)C(=O)N2. The van der Waals surface area contributed by atoms with Gasteiger partial charge in [0.2, 0.25) is 5.91 Å². The first-order valence-corrected chi connectivity index (χ1v) is 6.36. The number of hydrogen-bond acceptors (Lipinski definition) is 3. The maximum absolute atomic E-state index is 11.8. The van der Waals surface area contributed by atoms with Crippen LogP contribution in [-0.4, -0.2) is 26.8 Å². The second-order valence-corrected chi connectivity index (χ2v) is 5.65. The number of aromatic nitrogens is 1. The number of rotatable bonds is 2. The summed E-state index contributed by atoms with van der Waals surface area (Å²) in [6.45, 7) is 0. The number of carbonyl (C=O) groups excluding carboxylic acids is 1. The number of carboxylic acids is 1. The fourth-order valence-electron chi connectivity index (χ4n) is 2.15. The van der Waals surface area contributed by atoms with Gasteiger partial charge in [-0.25, -0.2) is 4.79 Å². The standard InChI is InChI=1S/C11H12N2O3S/c1-13-4-6-9(7(13)11(15)16)17-8(5-2-3-5)10(14)12-6/h4-5,8H,2-3H2,1H3,(H,12,14)(H,15,16). The van der Waals surface area contributed by atoms with Crippen molar-refractivity contribution in [3.63, 3.8) is 0 Å². The van der Waals surface area contributed by atoms with Gasteiger partial charge in [-0.3, -0.25) is 4.79 Å². The summed E-state index contributed by atoms with van der Waals surface area (Å²) in [6.07, 6.45) is 3.79. The fourth-order valence-corrected chi connectivity index (χ4v) is 3.61. The minimum Gasteiger partial charge on any atom is -0.477 e. The molecule has 1 fully saturated rings. The molecule has 1 aromatic heterocycles. The minimum atomic E-state index is -0.952. The van der Waals surface area contributed by atoms with Crippen molar-refractivity contribution in [1.29, 1.82) is 0 Å². The summed E-state index contributed by atoms with van der Waals surface area (Å²) in [7, 11) is 1.68. The number of fused-ring (bicyclic) bond motifs is 1. The van der Waals surface area contributed by atoms with E-state index in [0.717, 1.165) is 12.8 Å². The molecule has 0 saturated heterocycles. The van der Waals surface area contributed by atoms with E-state index in [1.165, 1.54) is 11.8 Å². The van der Waals surface area contributed by atoms with Gasteiger partial charge < -0.3 is 15.0 Å². The molecule has 1 atom stereocenters. The fraction of sp³-hybridized carbons (Fsp3) is 0.455. The molecular formula is C11H12N2O3S. The minimum absolute atomic E-state index is 0.00698. The smallest absolute Gasteiger partial charge is 0.353 e. The zero-order valence-corrected chi connectivity index (χ0v) is 10.1. The predicted octanol–water partition coefficient (Wildman–Crippen LogP) is 1.55. The van der Waals surface area contributed by atoms with Crippen molar-refractivity contribution in [2.75, 3.05) is 5.32 Å². The van der Waals surface area contributed by atoms with E-state index >= 15 is 0 Å². The van der Waals surface area contributed by atoms with Crippen LogP contribution in [0.1, 0.15) is 23.3 Å². The average molecular weight is 252 g/mol. The third-order valence-electron chi connectivity index (χ3n) is 3.15. The van der Waals surface area contributed by atoms with Gasteiger partial charge in [-0.1, -0.05) is 0 Å². The molecule has 5 nitrogen and oxygen atoms in total. The third-order valence-corrected chi connectivity index (χ3v) is 4.65. The van der Waals surface area contributed by atoms with Gasteiger partial charge in [0.1, 0.15) is 5.69 Å². The van der Waals surface area contributed by atoms with E-state index in [9.17, 15) is 14.7 Å². The molecule has 2 aliphatic rings. The van der Waals surface area contributed by atoms with Gasteiger partial charge >= 0.3 is 5.97 Å². The highest BCUT2D eigenvalue weighted by molar-refractivity contribution is 8.01. The molecule has 6 heteroatoms. The van der Waals surface area contributed by atoms with Crippen molar-refractivity contribution in [3.8, 4) is 0 Å². The lowest BCUT2D eigenvalue weighted by molar-refractivity contribution is -0.116. The summed E-state index contributed by atoms with van der Waals surface area (Å²) in [5, 5.41) is 11.9. The summed E-state index contributed by atoms with van der Waals surface area (Å²) in [5.41, 5.74) is 0.882. The first kappa shape index (κ1) is 10.7. The zero-order chi connectivity index (χ0) is 12.2. The van der Waals surface area contributed by atoms with Crippen molar-refractivity contribution >= 4 is 29.3 Å². The number of hydrogen-bond donors (Lipinski definition) is 2. The van der Waals surface area contributed by atoms with Crippen LogP contribution in [0.3, 0.4) is 0 Å². The van der Waals surface area contributed by atoms with Gasteiger partial charge in [-0.15, -0.1) is 11.8 Å². The van der Waals surface area contributed by atoms with Gasteiger partial charge in [-0.2, -0.15) is 0 Å². The highest BCUT2D eigenvalue weighted by atomic mass is 32.2. The molecular weight excluding hydrogens is 240 g/mol. The van der Waals surface area contributed by atoms with E-state index in [0.29, 0.717) is 16.5 Å². The Hall–Kier alpha value is -1.43. The van der Waals surface area contributed by atoms with E-state index in [1.807, 2.05) is 0 Å². The molecule has 3 rings (SSSR count). The van der Waals surface area contributed by atoms with E-state index in [-0.39, 0.29) is 16.9 Å². The Morgan fingerprint density at radius 3 is 2.88 bits per heavy atom. The average Bonchev–Trinajstić information content (AvgIpc) is 3.00. The molecule has 1 unspecified atom stereocenters. The molecule has 0 aromatic carbocycles. The second-order valence-electron chi connectivity index (χ2n) is 4.50. The van der Waals surface area contributed by atoms with Crippen LogP contribution in [0.2, 0.25) is 0 Å². The molecule has 2 heterocycles. The van der Waals surface area contributed by atoms with Crippen molar-refractivity contribution in [2.24, 2.45) is 13.0 Å². The Morgan fingerprint density at radius 2 is 2.29 bits per heavy atom. The highest BCUT2D eigenvalue weighted by Crippen LogP contribution is 2.48. The summed E-state index contributed by atoms with van der Waals surface area (Å²) >= 11 is 1.40. The van der Waals surface area contributed by atoms with E-state index < -0.39 is 5.97 Å². The summed E-state index contributed by atoms with van der Waals surface area (Å²) in [6, 6.07) is 0. The summed E-state index contributed by atoms with van der Waals surface area (Å²) in [4.78, 5) is 23.7. The van der Waals surface area contributed by atoms with Crippen LogP contribution in [0.4, 0.5) is 5.69 Å². The lowest BCUT2D eigenvalue weighted by atomic mass is 10.2. The molecule has 0 radical (unpaired) electrons. The number of amides is 1. The molecule has 1 aliphatic carbocycles. The Balaban J connectivity index is 2.03. The number of carbonyl (C=O) groups is 2. The Kier molecular flexibility index (Phi) is 2.22. The van der Waals surface area contributed by atoms with Crippen molar-refractivity contribution in [1.82, 2.24) is 4.57 Å². The number of nitrogens with zero attached hydrogens (tertiary/aromatic N) is 1. The second kappa shape index (κ2) is 3.53. The maximum atomic E-state index is 11.8. The van der Waals surface area contributed by atoms with Crippen LogP contribution in [0.15, 0.2) is 11.1 Å². The van der Waals surface area contributed by atoms with Crippen LogP contribution in [0, 0.1) is 5.92 Å². The van der Waals surface area contributed by atoms with Gasteiger partial charge in [0.15, 0.2) is 0 Å². The van der Waals surface area contributed by atoms with Crippen LogP contribution in [0.5, 0.6) is 0 Å². The van der Waals surface area contributed by atoms with Crippen LogP contribution >= 0.6 is 11.8 Å². The monoisotopic (exact) mass is 252 g/mol. The van der Waals surface area contributed by atoms with Gasteiger partial charge in [0.05, 0.1) is 15.8 Å². The molecule has 1 aliphatic heterocycles. The molecule has 0 bridgehead atoms. The number of carboxylic acid groups (broad SMARTS) is 1. The van der Waals surface area contributed by atoms with Gasteiger partial charge in [-0.05, 0) is 18.8 Å². The lowest BCUT2D eigenvalue weighted by Gasteiger charge is -2.21. The third kappa shape index (κ3) is 1.63. The molecule has 1 amide bonds. The number of nitrogens with one attached hydrogen (secondary N) is 1. The van der Waals surface area contributed by atoms with Crippen molar-refractivity contribution in [3.05, 3.63) is 11.9 Å². The number of anilines is 1. The number of thioether (sulfide) groups is 1. The molecule has 1 saturated carbocycles. The highest BCUT2D eigenvalue weighted by Gasteiger charge is 2.41. The predicted molar refractivity (Wildman–Crippen MR) is 63.4 cm³/mol. The molecule has 90 valence electrons. The molecule has 0 spiro atoms. The number of aryl methyl sites for hydroxylation is 1. The Labute approximate surface area is 102 Å². The molecule has 1 aromatic rings. The van der Waals surface area contributed by atoms with Gasteiger partial charge in [0, 0.05) is 13.2 Å². The van der Waals surface area contributed by atoms with E-state index in [1.54, 1.807) is 17.8 Å². The number of aromatic carboxylic acids is 1. The van der Waals surface area contributed by atoms with Crippen molar-refractivity contribution < 1.29 is 14.7 Å². The molecule has 17 heavy (non-hydrogen) atoms. The van der Waals surface area contributed by atoms with E-state index in [4.69, 9.17) is 0 Å². The molecule has 2 N–H and O–H groups in total. The normalized spacial score (nSPS) is 23.1. The zero-order valence-electron chi connectivity index (χ0n) is 9.27. The van der Waals surface area contributed by atoms with E-state index in [2.05, 4.69) is 5.32 Å². The Bertz CT molecular complexity index is 519. The largest absolute Gasteiger partial charge is 0.477 e. The Morgan fingerprint density at radius 1 is 1.59 bits per heavy atom. The first-order chi connectivity index (χ1) is 8.08. The van der Waals surface area contributed by atoms with Crippen molar-refractivity contribution in [2.45, 2.75) is 23.0 Å². The topological polar surface area (TPSA) is 71.3 Å². The first-order valence-electron chi connectivity index (χ1n) is 5.48. The van der Waals surface area contributed by atoms with Crippen LogP contribution in [-0.2, 0) is 11.8 Å². The van der Waals surface area contributed by atoms with Gasteiger partial charge in [0.25, 0.3) is 0 Å². The quantitative estimate of drug-likeness (QED) is 0.837. The lowest BCUT2D eigenvalue weighted by Crippen LogP contribution is -2.30. The summed E-state index contributed by atoms with van der Waals surface area (Å²) in [5.74, 6) is -0.533.